The number of carbonyl (C=O) groups excluding carboxylic acids is 1. The van der Waals surface area contributed by atoms with Crippen molar-refractivity contribution in [3.8, 4) is 11.5 Å². The number of amides is 1. The number of hydrogen-bond acceptors (Lipinski definition) is 6. The van der Waals surface area contributed by atoms with Gasteiger partial charge in [0, 0.05) is 23.0 Å². The minimum atomic E-state index is -0.403. The van der Waals surface area contributed by atoms with Crippen LogP contribution in [0.25, 0.3) is 0 Å². The molecule has 1 heterocycles. The Bertz CT molecular complexity index is 1010. The van der Waals surface area contributed by atoms with Gasteiger partial charge in [0.25, 0.3) is 5.91 Å². The molecule has 0 bridgehead atoms. The van der Waals surface area contributed by atoms with Gasteiger partial charge in [-0.1, -0.05) is 17.7 Å². The molecule has 0 fully saturated rings. The average Bonchev–Trinajstić information content (AvgIpc) is 2.71. The predicted octanol–water partition coefficient (Wildman–Crippen LogP) is 4.45. The van der Waals surface area contributed by atoms with Crippen molar-refractivity contribution < 1.29 is 14.3 Å². The van der Waals surface area contributed by atoms with Crippen LogP contribution in [0.3, 0.4) is 0 Å². The molecule has 2 N–H and O–H groups in total. The lowest BCUT2D eigenvalue weighted by Crippen LogP contribution is -2.15. The highest BCUT2D eigenvalue weighted by Crippen LogP contribution is 2.29. The third-order valence-corrected chi connectivity index (χ3v) is 4.47. The standard InChI is InChI=1S/C20H19ClN4O3/c1-12-14(21)5-4-6-15(12)24-20-22-10-9-16(25-20)19(26)23-17-11-13(27-2)7-8-18(17)28-3/h4-11H,1-3H3,(H,23,26)(H,22,24,25). The number of aromatic nitrogens is 2. The Labute approximate surface area is 167 Å². The Morgan fingerprint density at radius 1 is 1.07 bits per heavy atom. The van der Waals surface area contributed by atoms with Gasteiger partial charge in [0.2, 0.25) is 5.95 Å². The van der Waals surface area contributed by atoms with E-state index in [1.165, 1.54) is 19.4 Å². The lowest BCUT2D eigenvalue weighted by molar-refractivity contribution is 0.102. The minimum absolute atomic E-state index is 0.196. The van der Waals surface area contributed by atoms with Crippen LogP contribution >= 0.6 is 11.6 Å². The normalized spacial score (nSPS) is 10.3. The monoisotopic (exact) mass is 398 g/mol. The highest BCUT2D eigenvalue weighted by molar-refractivity contribution is 6.31. The maximum absolute atomic E-state index is 12.7. The number of nitrogens with zero attached hydrogens (tertiary/aromatic N) is 2. The number of anilines is 3. The summed E-state index contributed by atoms with van der Waals surface area (Å²) >= 11 is 6.14. The van der Waals surface area contributed by atoms with Crippen LogP contribution in [0, 0.1) is 6.92 Å². The summed E-state index contributed by atoms with van der Waals surface area (Å²) in [6.07, 6.45) is 1.51. The number of methoxy groups -OCH3 is 2. The zero-order valence-electron chi connectivity index (χ0n) is 15.6. The first-order valence-electron chi connectivity index (χ1n) is 8.40. The van der Waals surface area contributed by atoms with Crippen molar-refractivity contribution in [1.29, 1.82) is 0 Å². The third-order valence-electron chi connectivity index (χ3n) is 4.06. The first-order chi connectivity index (χ1) is 13.5. The Morgan fingerprint density at radius 2 is 1.89 bits per heavy atom. The fourth-order valence-corrected chi connectivity index (χ4v) is 2.68. The van der Waals surface area contributed by atoms with Crippen molar-refractivity contribution in [3.05, 3.63) is 64.9 Å². The van der Waals surface area contributed by atoms with Gasteiger partial charge >= 0.3 is 0 Å². The topological polar surface area (TPSA) is 85.4 Å². The number of rotatable bonds is 6. The van der Waals surface area contributed by atoms with Crippen LogP contribution in [0.1, 0.15) is 16.1 Å². The van der Waals surface area contributed by atoms with E-state index in [1.807, 2.05) is 19.1 Å². The van der Waals surface area contributed by atoms with Crippen LogP contribution in [0.5, 0.6) is 11.5 Å². The van der Waals surface area contributed by atoms with Gasteiger partial charge in [0.05, 0.1) is 19.9 Å². The predicted molar refractivity (Wildman–Crippen MR) is 109 cm³/mol. The van der Waals surface area contributed by atoms with Gasteiger partial charge in [-0.15, -0.1) is 0 Å². The molecule has 0 atom stereocenters. The molecule has 0 saturated carbocycles. The summed E-state index contributed by atoms with van der Waals surface area (Å²) in [5.41, 5.74) is 2.30. The van der Waals surface area contributed by atoms with E-state index < -0.39 is 5.91 Å². The molecule has 1 aromatic heterocycles. The summed E-state index contributed by atoms with van der Waals surface area (Å²) in [6.45, 7) is 1.89. The molecule has 2 aromatic carbocycles. The van der Waals surface area contributed by atoms with Crippen LogP contribution in [-0.2, 0) is 0 Å². The van der Waals surface area contributed by atoms with E-state index in [0.717, 1.165) is 11.3 Å². The molecule has 144 valence electrons. The smallest absolute Gasteiger partial charge is 0.274 e. The van der Waals surface area contributed by atoms with Crippen molar-refractivity contribution in [1.82, 2.24) is 9.97 Å². The van der Waals surface area contributed by atoms with E-state index in [-0.39, 0.29) is 11.6 Å². The second-order valence-electron chi connectivity index (χ2n) is 5.82. The molecule has 28 heavy (non-hydrogen) atoms. The molecule has 8 heteroatoms. The lowest BCUT2D eigenvalue weighted by atomic mass is 10.2. The first kappa shape index (κ1) is 19.4. The van der Waals surface area contributed by atoms with Crippen molar-refractivity contribution in [3.63, 3.8) is 0 Å². The SMILES string of the molecule is COc1ccc(OC)c(NC(=O)c2ccnc(Nc3cccc(Cl)c3C)n2)c1. The van der Waals surface area contributed by atoms with E-state index in [4.69, 9.17) is 21.1 Å². The molecular formula is C20H19ClN4O3. The lowest BCUT2D eigenvalue weighted by Gasteiger charge is -2.12. The van der Waals surface area contributed by atoms with Crippen molar-refractivity contribution in [2.24, 2.45) is 0 Å². The molecule has 0 spiro atoms. The zero-order valence-corrected chi connectivity index (χ0v) is 16.4. The second-order valence-corrected chi connectivity index (χ2v) is 6.23. The van der Waals surface area contributed by atoms with Crippen molar-refractivity contribution >= 4 is 34.8 Å². The van der Waals surface area contributed by atoms with Gasteiger partial charge < -0.3 is 20.1 Å². The minimum Gasteiger partial charge on any atom is -0.497 e. The van der Waals surface area contributed by atoms with Gasteiger partial charge in [0.1, 0.15) is 17.2 Å². The number of ether oxygens (including phenoxy) is 2. The van der Waals surface area contributed by atoms with Crippen LogP contribution < -0.4 is 20.1 Å². The van der Waals surface area contributed by atoms with Crippen molar-refractivity contribution in [2.45, 2.75) is 6.92 Å². The Hall–Kier alpha value is -3.32. The molecule has 0 aliphatic heterocycles. The van der Waals surface area contributed by atoms with E-state index >= 15 is 0 Å². The summed E-state index contributed by atoms with van der Waals surface area (Å²) in [5.74, 6) is 0.990. The van der Waals surface area contributed by atoms with Crippen LogP contribution in [-0.4, -0.2) is 30.1 Å². The number of benzene rings is 2. The quantitative estimate of drug-likeness (QED) is 0.638. The summed E-state index contributed by atoms with van der Waals surface area (Å²) < 4.78 is 10.5. The second kappa shape index (κ2) is 8.58. The third kappa shape index (κ3) is 4.32. The van der Waals surface area contributed by atoms with Gasteiger partial charge in [-0.25, -0.2) is 9.97 Å². The molecule has 0 saturated heterocycles. The van der Waals surface area contributed by atoms with E-state index in [2.05, 4.69) is 20.6 Å². The first-order valence-corrected chi connectivity index (χ1v) is 8.78. The zero-order chi connectivity index (χ0) is 20.1. The van der Waals surface area contributed by atoms with Crippen LogP contribution in [0.4, 0.5) is 17.3 Å². The fraction of sp³-hybridized carbons (Fsp3) is 0.150. The Kier molecular flexibility index (Phi) is 5.96. The average molecular weight is 399 g/mol. The summed E-state index contributed by atoms with van der Waals surface area (Å²) in [7, 11) is 3.07. The Balaban J connectivity index is 1.82. The molecule has 0 aliphatic carbocycles. The number of carbonyl (C=O) groups is 1. The molecule has 3 rings (SSSR count). The van der Waals surface area contributed by atoms with Crippen LogP contribution in [0.15, 0.2) is 48.7 Å². The Morgan fingerprint density at radius 3 is 2.64 bits per heavy atom. The maximum Gasteiger partial charge on any atom is 0.274 e. The van der Waals surface area contributed by atoms with E-state index in [1.54, 1.807) is 31.4 Å². The van der Waals surface area contributed by atoms with Gasteiger partial charge in [-0.2, -0.15) is 0 Å². The fourth-order valence-electron chi connectivity index (χ4n) is 2.51. The summed E-state index contributed by atoms with van der Waals surface area (Å²) in [4.78, 5) is 21.1. The molecule has 0 aliphatic rings. The van der Waals surface area contributed by atoms with Gasteiger partial charge in [-0.3, -0.25) is 4.79 Å². The molecule has 3 aromatic rings. The number of halogens is 1. The molecule has 0 radical (unpaired) electrons. The maximum atomic E-state index is 12.7. The van der Waals surface area contributed by atoms with Crippen LogP contribution in [0.2, 0.25) is 5.02 Å². The van der Waals surface area contributed by atoms with E-state index in [0.29, 0.717) is 22.2 Å². The summed E-state index contributed by atoms with van der Waals surface area (Å²) in [5, 5.41) is 6.49. The number of nitrogens with one attached hydrogen (secondary N) is 2. The van der Waals surface area contributed by atoms with Gasteiger partial charge in [-0.05, 0) is 42.8 Å². The molecule has 7 nitrogen and oxygen atoms in total. The number of hydrogen-bond donors (Lipinski definition) is 2. The van der Waals surface area contributed by atoms with Gasteiger partial charge in [0.15, 0.2) is 0 Å². The highest BCUT2D eigenvalue weighted by atomic mass is 35.5. The van der Waals surface area contributed by atoms with E-state index in [9.17, 15) is 4.79 Å². The summed E-state index contributed by atoms with van der Waals surface area (Å²) in [6, 6.07) is 12.1. The van der Waals surface area contributed by atoms with Crippen molar-refractivity contribution in [2.75, 3.05) is 24.9 Å². The molecule has 0 unspecified atom stereocenters. The molecular weight excluding hydrogens is 380 g/mol. The highest BCUT2D eigenvalue weighted by Gasteiger charge is 2.14. The largest absolute Gasteiger partial charge is 0.497 e. The molecule has 1 amide bonds.